The zero-order valence-electron chi connectivity index (χ0n) is 15.0. The van der Waals surface area contributed by atoms with Crippen molar-refractivity contribution < 1.29 is 9.53 Å². The predicted octanol–water partition coefficient (Wildman–Crippen LogP) is 1.22. The summed E-state index contributed by atoms with van der Waals surface area (Å²) in [5.74, 6) is 0.0941. The SMILES string of the molecule is COCCCNC(=O)CN1CCCN(Cc2ccc(C#N)cc2)CC1. The van der Waals surface area contributed by atoms with E-state index in [1.165, 1.54) is 5.56 Å². The molecule has 1 aliphatic heterocycles. The van der Waals surface area contributed by atoms with Gasteiger partial charge < -0.3 is 10.1 Å². The molecular weight excluding hydrogens is 316 g/mol. The third-order valence-corrected chi connectivity index (χ3v) is 4.38. The van der Waals surface area contributed by atoms with Crippen LogP contribution in [0.1, 0.15) is 24.0 Å². The van der Waals surface area contributed by atoms with Crippen molar-refractivity contribution in [2.75, 3.05) is 53.0 Å². The molecule has 1 aliphatic rings. The molecule has 6 heteroatoms. The van der Waals surface area contributed by atoms with E-state index in [-0.39, 0.29) is 5.91 Å². The third kappa shape index (κ3) is 7.22. The van der Waals surface area contributed by atoms with Crippen molar-refractivity contribution in [3.8, 4) is 6.07 Å². The van der Waals surface area contributed by atoms with Crippen LogP contribution in [-0.2, 0) is 16.1 Å². The van der Waals surface area contributed by atoms with E-state index in [1.54, 1.807) is 7.11 Å². The van der Waals surface area contributed by atoms with Crippen LogP contribution in [0, 0.1) is 11.3 Å². The highest BCUT2D eigenvalue weighted by Crippen LogP contribution is 2.10. The van der Waals surface area contributed by atoms with Gasteiger partial charge in [-0.25, -0.2) is 0 Å². The van der Waals surface area contributed by atoms with Gasteiger partial charge in [0.2, 0.25) is 5.91 Å². The lowest BCUT2D eigenvalue weighted by Gasteiger charge is -2.21. The van der Waals surface area contributed by atoms with Gasteiger partial charge in [-0.3, -0.25) is 14.6 Å². The molecule has 1 heterocycles. The summed E-state index contributed by atoms with van der Waals surface area (Å²) in [6, 6.07) is 9.93. The van der Waals surface area contributed by atoms with Crippen LogP contribution in [0.4, 0.5) is 0 Å². The summed E-state index contributed by atoms with van der Waals surface area (Å²) in [5, 5.41) is 11.8. The van der Waals surface area contributed by atoms with E-state index in [4.69, 9.17) is 10.00 Å². The van der Waals surface area contributed by atoms with Crippen molar-refractivity contribution in [2.45, 2.75) is 19.4 Å². The maximum absolute atomic E-state index is 12.0. The van der Waals surface area contributed by atoms with Gasteiger partial charge in [-0.05, 0) is 43.6 Å². The van der Waals surface area contributed by atoms with E-state index in [0.29, 0.717) is 25.3 Å². The number of nitrogens with one attached hydrogen (secondary N) is 1. The molecule has 0 spiro atoms. The van der Waals surface area contributed by atoms with Crippen LogP contribution >= 0.6 is 0 Å². The van der Waals surface area contributed by atoms with Crippen molar-refractivity contribution in [1.29, 1.82) is 5.26 Å². The molecule has 1 aromatic carbocycles. The van der Waals surface area contributed by atoms with Gasteiger partial charge in [0.1, 0.15) is 0 Å². The highest BCUT2D eigenvalue weighted by Gasteiger charge is 2.17. The first kappa shape index (κ1) is 19.4. The van der Waals surface area contributed by atoms with E-state index in [2.05, 4.69) is 21.2 Å². The van der Waals surface area contributed by atoms with E-state index in [0.717, 1.165) is 45.6 Å². The van der Waals surface area contributed by atoms with E-state index >= 15 is 0 Å². The van der Waals surface area contributed by atoms with Crippen LogP contribution in [0.15, 0.2) is 24.3 Å². The lowest BCUT2D eigenvalue weighted by molar-refractivity contribution is -0.122. The molecule has 1 saturated heterocycles. The highest BCUT2D eigenvalue weighted by molar-refractivity contribution is 5.77. The number of carbonyl (C=O) groups is 1. The van der Waals surface area contributed by atoms with Crippen molar-refractivity contribution in [3.63, 3.8) is 0 Å². The fourth-order valence-electron chi connectivity index (χ4n) is 2.99. The minimum Gasteiger partial charge on any atom is -0.385 e. The van der Waals surface area contributed by atoms with Gasteiger partial charge in [0.15, 0.2) is 0 Å². The van der Waals surface area contributed by atoms with Crippen molar-refractivity contribution >= 4 is 5.91 Å². The molecule has 1 N–H and O–H groups in total. The number of nitrogens with zero attached hydrogens (tertiary/aromatic N) is 3. The average molecular weight is 344 g/mol. The first-order chi connectivity index (χ1) is 12.2. The summed E-state index contributed by atoms with van der Waals surface area (Å²) in [5.41, 5.74) is 1.92. The summed E-state index contributed by atoms with van der Waals surface area (Å²) in [4.78, 5) is 16.6. The molecular formula is C19H28N4O2. The minimum absolute atomic E-state index is 0.0941. The van der Waals surface area contributed by atoms with Crippen LogP contribution < -0.4 is 5.32 Å². The highest BCUT2D eigenvalue weighted by atomic mass is 16.5. The number of ether oxygens (including phenoxy) is 1. The first-order valence-corrected chi connectivity index (χ1v) is 8.90. The molecule has 0 atom stereocenters. The number of amides is 1. The Bertz CT molecular complexity index is 568. The molecule has 0 aliphatic carbocycles. The molecule has 136 valence electrons. The molecule has 25 heavy (non-hydrogen) atoms. The Labute approximate surface area is 150 Å². The minimum atomic E-state index is 0.0941. The normalized spacial score (nSPS) is 16.2. The number of nitriles is 1. The first-order valence-electron chi connectivity index (χ1n) is 8.90. The molecule has 1 aromatic rings. The number of benzene rings is 1. The third-order valence-electron chi connectivity index (χ3n) is 4.38. The molecule has 2 rings (SSSR count). The zero-order valence-corrected chi connectivity index (χ0v) is 15.0. The van der Waals surface area contributed by atoms with Gasteiger partial charge in [-0.1, -0.05) is 12.1 Å². The average Bonchev–Trinajstić information content (AvgIpc) is 2.85. The van der Waals surface area contributed by atoms with Crippen molar-refractivity contribution in [3.05, 3.63) is 35.4 Å². The molecule has 6 nitrogen and oxygen atoms in total. The van der Waals surface area contributed by atoms with Crippen LogP contribution in [-0.4, -0.2) is 68.7 Å². The van der Waals surface area contributed by atoms with Crippen LogP contribution in [0.5, 0.6) is 0 Å². The monoisotopic (exact) mass is 344 g/mol. The van der Waals surface area contributed by atoms with Gasteiger partial charge in [0, 0.05) is 39.9 Å². The second kappa shape index (κ2) is 10.8. The van der Waals surface area contributed by atoms with Gasteiger partial charge in [0.25, 0.3) is 0 Å². The number of carbonyl (C=O) groups excluding carboxylic acids is 1. The van der Waals surface area contributed by atoms with Crippen molar-refractivity contribution in [2.24, 2.45) is 0 Å². The maximum atomic E-state index is 12.0. The largest absolute Gasteiger partial charge is 0.385 e. The van der Waals surface area contributed by atoms with Crippen LogP contribution in [0.3, 0.4) is 0 Å². The maximum Gasteiger partial charge on any atom is 0.234 e. The van der Waals surface area contributed by atoms with Crippen molar-refractivity contribution in [1.82, 2.24) is 15.1 Å². The zero-order chi connectivity index (χ0) is 17.9. The molecule has 1 fully saturated rings. The Hall–Kier alpha value is -1.94. The quantitative estimate of drug-likeness (QED) is 0.718. The van der Waals surface area contributed by atoms with Gasteiger partial charge in [-0.15, -0.1) is 0 Å². The Morgan fingerprint density at radius 2 is 1.92 bits per heavy atom. The van der Waals surface area contributed by atoms with Crippen LogP contribution in [0.2, 0.25) is 0 Å². The molecule has 0 unspecified atom stereocenters. The number of hydrogen-bond acceptors (Lipinski definition) is 5. The summed E-state index contributed by atoms with van der Waals surface area (Å²) >= 11 is 0. The fourth-order valence-corrected chi connectivity index (χ4v) is 2.99. The fraction of sp³-hybridized carbons (Fsp3) is 0.579. The lowest BCUT2D eigenvalue weighted by Crippen LogP contribution is -2.39. The number of rotatable bonds is 8. The molecule has 0 bridgehead atoms. The predicted molar refractivity (Wildman–Crippen MR) is 97.0 cm³/mol. The molecule has 0 aromatic heterocycles. The van der Waals surface area contributed by atoms with E-state index in [9.17, 15) is 4.79 Å². The standard InChI is InChI=1S/C19H28N4O2/c1-25-13-2-8-21-19(24)16-23-10-3-9-22(11-12-23)15-18-6-4-17(14-20)5-7-18/h4-7H,2-3,8-13,15-16H2,1H3,(H,21,24). The summed E-state index contributed by atoms with van der Waals surface area (Å²) in [6.45, 7) is 6.56. The van der Waals surface area contributed by atoms with E-state index < -0.39 is 0 Å². The topological polar surface area (TPSA) is 68.6 Å². The smallest absolute Gasteiger partial charge is 0.234 e. The summed E-state index contributed by atoms with van der Waals surface area (Å²) in [6.07, 6.45) is 1.91. The summed E-state index contributed by atoms with van der Waals surface area (Å²) in [7, 11) is 1.67. The van der Waals surface area contributed by atoms with Gasteiger partial charge in [0.05, 0.1) is 18.2 Å². The Balaban J connectivity index is 1.72. The number of methoxy groups -OCH3 is 1. The van der Waals surface area contributed by atoms with Crippen LogP contribution in [0.25, 0.3) is 0 Å². The van der Waals surface area contributed by atoms with Gasteiger partial charge >= 0.3 is 0 Å². The summed E-state index contributed by atoms with van der Waals surface area (Å²) < 4.78 is 4.98. The Kier molecular flexibility index (Phi) is 8.40. The second-order valence-corrected chi connectivity index (χ2v) is 6.41. The lowest BCUT2D eigenvalue weighted by atomic mass is 10.1. The van der Waals surface area contributed by atoms with Gasteiger partial charge in [-0.2, -0.15) is 5.26 Å². The Morgan fingerprint density at radius 1 is 1.20 bits per heavy atom. The number of hydrogen-bond donors (Lipinski definition) is 1. The molecule has 0 radical (unpaired) electrons. The van der Waals surface area contributed by atoms with E-state index in [1.807, 2.05) is 24.3 Å². The molecule has 1 amide bonds. The second-order valence-electron chi connectivity index (χ2n) is 6.41. The molecule has 0 saturated carbocycles. The Morgan fingerprint density at radius 3 is 2.64 bits per heavy atom.